The van der Waals surface area contributed by atoms with E-state index in [0.29, 0.717) is 18.0 Å². The zero-order valence-corrected chi connectivity index (χ0v) is 13.4. The van der Waals surface area contributed by atoms with E-state index >= 15 is 0 Å². The molecular formula is C14H17IN2O3. The lowest BCUT2D eigenvalue weighted by atomic mass is 10.1. The minimum Gasteiger partial charge on any atom is -0.352 e. The number of non-ortho nitro benzene ring substituents is 1. The summed E-state index contributed by atoms with van der Waals surface area (Å²) in [5, 5.41) is 13.7. The van der Waals surface area contributed by atoms with Gasteiger partial charge in [0.05, 0.1) is 10.5 Å². The van der Waals surface area contributed by atoms with E-state index in [0.717, 1.165) is 22.3 Å². The Bertz CT molecular complexity index is 533. The van der Waals surface area contributed by atoms with Gasteiger partial charge in [-0.3, -0.25) is 14.9 Å². The number of hydrogen-bond donors (Lipinski definition) is 1. The summed E-state index contributed by atoms with van der Waals surface area (Å²) in [5.41, 5.74) is 0.330. The van der Waals surface area contributed by atoms with E-state index in [-0.39, 0.29) is 11.6 Å². The first-order valence-electron chi connectivity index (χ1n) is 6.69. The molecule has 20 heavy (non-hydrogen) atoms. The molecule has 108 valence electrons. The number of nitro groups is 1. The smallest absolute Gasteiger partial charge is 0.270 e. The maximum Gasteiger partial charge on any atom is 0.270 e. The van der Waals surface area contributed by atoms with Gasteiger partial charge in [-0.1, -0.05) is 13.3 Å². The van der Waals surface area contributed by atoms with Crippen LogP contribution in [0.5, 0.6) is 0 Å². The van der Waals surface area contributed by atoms with Gasteiger partial charge in [0.2, 0.25) is 0 Å². The molecular weight excluding hydrogens is 371 g/mol. The van der Waals surface area contributed by atoms with Crippen LogP contribution in [0.15, 0.2) is 18.2 Å². The Kier molecular flexibility index (Phi) is 4.95. The fraction of sp³-hybridized carbons (Fsp3) is 0.500. The van der Waals surface area contributed by atoms with Crippen molar-refractivity contribution in [1.29, 1.82) is 0 Å². The lowest BCUT2D eigenvalue weighted by Gasteiger charge is -2.11. The van der Waals surface area contributed by atoms with Crippen LogP contribution in [0.25, 0.3) is 0 Å². The number of nitrogens with zero attached hydrogens (tertiary/aromatic N) is 1. The normalized spacial score (nSPS) is 21.7. The van der Waals surface area contributed by atoms with E-state index in [1.165, 1.54) is 18.6 Å². The maximum atomic E-state index is 12.1. The number of halogens is 1. The van der Waals surface area contributed by atoms with E-state index in [1.807, 2.05) is 22.6 Å². The van der Waals surface area contributed by atoms with Gasteiger partial charge >= 0.3 is 0 Å². The van der Waals surface area contributed by atoms with E-state index < -0.39 is 4.92 Å². The number of rotatable bonds is 4. The van der Waals surface area contributed by atoms with Crippen molar-refractivity contribution in [3.8, 4) is 0 Å². The molecule has 1 aromatic carbocycles. The van der Waals surface area contributed by atoms with Gasteiger partial charge in [0.25, 0.3) is 11.6 Å². The minimum absolute atomic E-state index is 0.0509. The third kappa shape index (κ3) is 3.68. The fourth-order valence-corrected chi connectivity index (χ4v) is 3.22. The number of nitrogens with one attached hydrogen (secondary N) is 1. The Hall–Kier alpha value is -1.18. The van der Waals surface area contributed by atoms with Gasteiger partial charge in [-0.25, -0.2) is 0 Å². The minimum atomic E-state index is -0.481. The average molecular weight is 388 g/mol. The highest BCUT2D eigenvalue weighted by Gasteiger charge is 2.22. The second-order valence-corrected chi connectivity index (χ2v) is 6.58. The summed E-state index contributed by atoms with van der Waals surface area (Å²) in [6, 6.07) is 4.36. The van der Waals surface area contributed by atoms with Crippen LogP contribution in [-0.4, -0.2) is 17.4 Å². The molecule has 1 fully saturated rings. The Labute approximate surface area is 131 Å². The number of carbonyl (C=O) groups is 1. The third-order valence-corrected chi connectivity index (χ3v) is 4.70. The molecule has 6 heteroatoms. The Morgan fingerprint density at radius 3 is 2.85 bits per heavy atom. The van der Waals surface area contributed by atoms with Crippen molar-refractivity contribution < 1.29 is 9.72 Å². The topological polar surface area (TPSA) is 72.2 Å². The molecule has 1 N–H and O–H groups in total. The Morgan fingerprint density at radius 2 is 2.25 bits per heavy atom. The predicted molar refractivity (Wildman–Crippen MR) is 84.7 cm³/mol. The van der Waals surface area contributed by atoms with E-state index in [2.05, 4.69) is 12.2 Å². The van der Waals surface area contributed by atoms with Crippen molar-refractivity contribution in [3.05, 3.63) is 37.4 Å². The number of benzene rings is 1. The molecule has 1 saturated carbocycles. The molecule has 0 heterocycles. The molecule has 1 aromatic rings. The number of hydrogen-bond acceptors (Lipinski definition) is 3. The molecule has 0 spiro atoms. The number of nitro benzene ring substituents is 1. The summed E-state index contributed by atoms with van der Waals surface area (Å²) in [7, 11) is 0. The largest absolute Gasteiger partial charge is 0.352 e. The standard InChI is InChI=1S/C14H17IN2O3/c1-9-2-3-10(6-9)8-16-14(18)12-7-11(17(19)20)4-5-13(12)15/h4-5,7,9-10H,2-3,6,8H2,1H3,(H,16,18). The van der Waals surface area contributed by atoms with Gasteiger partial charge in [0, 0.05) is 22.2 Å². The quantitative estimate of drug-likeness (QED) is 0.489. The zero-order chi connectivity index (χ0) is 14.7. The molecule has 0 radical (unpaired) electrons. The van der Waals surface area contributed by atoms with Crippen molar-refractivity contribution in [2.24, 2.45) is 11.8 Å². The maximum absolute atomic E-state index is 12.1. The molecule has 2 rings (SSSR count). The Morgan fingerprint density at radius 1 is 1.50 bits per heavy atom. The van der Waals surface area contributed by atoms with Gasteiger partial charge in [-0.05, 0) is 53.3 Å². The number of amides is 1. The van der Waals surface area contributed by atoms with Gasteiger partial charge in [0.1, 0.15) is 0 Å². The third-order valence-electron chi connectivity index (χ3n) is 3.76. The molecule has 2 unspecified atom stereocenters. The van der Waals surface area contributed by atoms with Gasteiger partial charge in [-0.15, -0.1) is 0 Å². The number of carbonyl (C=O) groups excluding carboxylic acids is 1. The van der Waals surface area contributed by atoms with Crippen molar-refractivity contribution >= 4 is 34.2 Å². The van der Waals surface area contributed by atoms with Crippen molar-refractivity contribution in [2.75, 3.05) is 6.54 Å². The Balaban J connectivity index is 2.01. The zero-order valence-electron chi connectivity index (χ0n) is 11.3. The second kappa shape index (κ2) is 6.51. The van der Waals surface area contributed by atoms with Crippen LogP contribution in [0.4, 0.5) is 5.69 Å². The van der Waals surface area contributed by atoms with Crippen LogP contribution in [0.2, 0.25) is 0 Å². The lowest BCUT2D eigenvalue weighted by Crippen LogP contribution is -2.29. The summed E-state index contributed by atoms with van der Waals surface area (Å²) < 4.78 is 0.727. The molecule has 0 aliphatic heterocycles. The second-order valence-electron chi connectivity index (χ2n) is 5.42. The van der Waals surface area contributed by atoms with Gasteiger partial charge < -0.3 is 5.32 Å². The van der Waals surface area contributed by atoms with Crippen molar-refractivity contribution in [1.82, 2.24) is 5.32 Å². The van der Waals surface area contributed by atoms with E-state index in [1.54, 1.807) is 6.07 Å². The molecule has 1 aliphatic carbocycles. The summed E-state index contributed by atoms with van der Waals surface area (Å²) >= 11 is 2.02. The molecule has 0 aromatic heterocycles. The summed E-state index contributed by atoms with van der Waals surface area (Å²) in [4.78, 5) is 22.4. The molecule has 5 nitrogen and oxygen atoms in total. The highest BCUT2D eigenvalue weighted by atomic mass is 127. The van der Waals surface area contributed by atoms with Crippen LogP contribution in [-0.2, 0) is 0 Å². The van der Waals surface area contributed by atoms with Gasteiger partial charge in [0.15, 0.2) is 0 Å². The molecule has 2 atom stereocenters. The molecule has 0 bridgehead atoms. The SMILES string of the molecule is CC1CCC(CNC(=O)c2cc([N+](=O)[O-])ccc2I)C1. The summed E-state index contributed by atoms with van der Waals surface area (Å²) in [6.45, 7) is 2.88. The molecule has 1 amide bonds. The first kappa shape index (κ1) is 15.2. The average Bonchev–Trinajstić information content (AvgIpc) is 2.82. The van der Waals surface area contributed by atoms with Crippen LogP contribution in [0.1, 0.15) is 36.5 Å². The lowest BCUT2D eigenvalue weighted by molar-refractivity contribution is -0.384. The van der Waals surface area contributed by atoms with Crippen LogP contribution < -0.4 is 5.32 Å². The highest BCUT2D eigenvalue weighted by molar-refractivity contribution is 14.1. The first-order chi connectivity index (χ1) is 9.47. The fourth-order valence-electron chi connectivity index (χ4n) is 2.64. The summed E-state index contributed by atoms with van der Waals surface area (Å²) in [6.07, 6.45) is 3.51. The highest BCUT2D eigenvalue weighted by Crippen LogP contribution is 2.29. The van der Waals surface area contributed by atoms with E-state index in [4.69, 9.17) is 0 Å². The van der Waals surface area contributed by atoms with Crippen molar-refractivity contribution in [3.63, 3.8) is 0 Å². The van der Waals surface area contributed by atoms with Crippen LogP contribution in [0.3, 0.4) is 0 Å². The van der Waals surface area contributed by atoms with E-state index in [9.17, 15) is 14.9 Å². The molecule has 1 aliphatic rings. The monoisotopic (exact) mass is 388 g/mol. The van der Waals surface area contributed by atoms with Crippen LogP contribution in [0, 0.1) is 25.5 Å². The van der Waals surface area contributed by atoms with Gasteiger partial charge in [-0.2, -0.15) is 0 Å². The van der Waals surface area contributed by atoms with Crippen molar-refractivity contribution in [2.45, 2.75) is 26.2 Å². The summed E-state index contributed by atoms with van der Waals surface area (Å²) in [5.74, 6) is 1.04. The van der Waals surface area contributed by atoms with Crippen LogP contribution >= 0.6 is 22.6 Å². The predicted octanol–water partition coefficient (Wildman–Crippen LogP) is 3.37. The molecule has 0 saturated heterocycles. The first-order valence-corrected chi connectivity index (χ1v) is 7.77.